The van der Waals surface area contributed by atoms with Gasteiger partial charge < -0.3 is 4.90 Å². The van der Waals surface area contributed by atoms with Crippen LogP contribution in [0.15, 0.2) is 30.3 Å². The van der Waals surface area contributed by atoms with Gasteiger partial charge in [0.1, 0.15) is 4.88 Å². The molecule has 0 saturated carbocycles. The minimum absolute atomic E-state index is 0.0793. The van der Waals surface area contributed by atoms with E-state index in [1.807, 2.05) is 51.1 Å². The number of aryl methyl sites for hydroxylation is 1. The molecule has 1 fully saturated rings. The maximum absolute atomic E-state index is 13.1. The molecule has 0 atom stereocenters. The van der Waals surface area contributed by atoms with E-state index < -0.39 is 10.2 Å². The zero-order valence-electron chi connectivity index (χ0n) is 16.5. The second-order valence-corrected chi connectivity index (χ2v) is 9.69. The molecule has 0 aliphatic carbocycles. The van der Waals surface area contributed by atoms with Gasteiger partial charge in [0.05, 0.1) is 10.7 Å². The molecule has 1 amide bonds. The van der Waals surface area contributed by atoms with Gasteiger partial charge in [-0.1, -0.05) is 44.2 Å². The lowest BCUT2D eigenvalue weighted by molar-refractivity contribution is 0.0699. The van der Waals surface area contributed by atoms with Crippen molar-refractivity contribution in [1.29, 1.82) is 0 Å². The number of aromatic nitrogens is 1. The number of nitrogens with zero attached hydrogens (tertiary/aromatic N) is 4. The maximum Gasteiger partial charge on any atom is 0.282 e. The Morgan fingerprint density at radius 3 is 2.29 bits per heavy atom. The smallest absolute Gasteiger partial charge is 0.282 e. The molecule has 28 heavy (non-hydrogen) atoms. The van der Waals surface area contributed by atoms with Crippen molar-refractivity contribution in [2.24, 2.45) is 0 Å². The quantitative estimate of drug-likeness (QED) is 0.717. The Labute approximate surface area is 170 Å². The largest absolute Gasteiger partial charge is 0.335 e. The molecule has 0 spiro atoms. The van der Waals surface area contributed by atoms with Crippen molar-refractivity contribution in [1.82, 2.24) is 18.5 Å². The molecule has 0 radical (unpaired) electrons. The summed E-state index contributed by atoms with van der Waals surface area (Å²) in [6, 6.07) is 9.67. The number of benzene rings is 1. The first-order valence-electron chi connectivity index (χ1n) is 9.45. The SMILES string of the molecule is CCN(CC)S(=O)(=O)N1CCN(C(=O)c2sc(C)nc2-c2ccccc2)CC1. The fourth-order valence-corrected chi connectivity index (χ4v) is 5.86. The minimum atomic E-state index is -3.47. The highest BCUT2D eigenvalue weighted by atomic mass is 32.2. The highest BCUT2D eigenvalue weighted by Crippen LogP contribution is 2.29. The van der Waals surface area contributed by atoms with Crippen molar-refractivity contribution < 1.29 is 13.2 Å². The molecular formula is C19H26N4O3S2. The third kappa shape index (κ3) is 4.12. The van der Waals surface area contributed by atoms with E-state index in [4.69, 9.17) is 0 Å². The van der Waals surface area contributed by atoms with E-state index >= 15 is 0 Å². The van der Waals surface area contributed by atoms with Crippen LogP contribution in [0.25, 0.3) is 11.3 Å². The standard InChI is InChI=1S/C19H26N4O3S2/c1-4-22(5-2)28(25,26)23-13-11-21(12-14-23)19(24)18-17(20-15(3)27-18)16-9-7-6-8-10-16/h6-10H,4-5,11-14H2,1-3H3. The number of carbonyl (C=O) groups excluding carboxylic acids is 1. The van der Waals surface area contributed by atoms with Gasteiger partial charge in [0.25, 0.3) is 16.1 Å². The van der Waals surface area contributed by atoms with Gasteiger partial charge >= 0.3 is 0 Å². The van der Waals surface area contributed by atoms with Gasteiger partial charge in [-0.25, -0.2) is 4.98 Å². The molecule has 0 N–H and O–H groups in total. The van der Waals surface area contributed by atoms with E-state index in [1.54, 1.807) is 4.90 Å². The molecule has 152 valence electrons. The van der Waals surface area contributed by atoms with Crippen molar-refractivity contribution >= 4 is 27.5 Å². The van der Waals surface area contributed by atoms with Crippen molar-refractivity contribution in [2.75, 3.05) is 39.3 Å². The summed E-state index contributed by atoms with van der Waals surface area (Å²) in [5, 5.41) is 0.838. The second kappa shape index (κ2) is 8.69. The van der Waals surface area contributed by atoms with Gasteiger partial charge in [0, 0.05) is 44.8 Å². The van der Waals surface area contributed by atoms with E-state index in [1.165, 1.54) is 19.9 Å². The molecule has 7 nitrogen and oxygen atoms in total. The molecule has 1 aliphatic rings. The van der Waals surface area contributed by atoms with E-state index in [9.17, 15) is 13.2 Å². The summed E-state index contributed by atoms with van der Waals surface area (Å²) in [6.45, 7) is 7.82. The molecule has 0 bridgehead atoms. The van der Waals surface area contributed by atoms with Crippen LogP contribution < -0.4 is 0 Å². The van der Waals surface area contributed by atoms with Crippen molar-refractivity contribution in [3.05, 3.63) is 40.2 Å². The molecule has 9 heteroatoms. The summed E-state index contributed by atoms with van der Waals surface area (Å²) >= 11 is 1.39. The third-order valence-electron chi connectivity index (χ3n) is 4.86. The van der Waals surface area contributed by atoms with Crippen LogP contribution in [0.1, 0.15) is 28.5 Å². The summed E-state index contributed by atoms with van der Waals surface area (Å²) in [5.41, 5.74) is 1.62. The van der Waals surface area contributed by atoms with Crippen molar-refractivity contribution in [2.45, 2.75) is 20.8 Å². The van der Waals surface area contributed by atoms with E-state index in [-0.39, 0.29) is 5.91 Å². The van der Waals surface area contributed by atoms with Gasteiger partial charge in [-0.3, -0.25) is 4.79 Å². The molecule has 1 aromatic carbocycles. The van der Waals surface area contributed by atoms with Crippen LogP contribution >= 0.6 is 11.3 Å². The Bertz CT molecular complexity index is 916. The topological polar surface area (TPSA) is 73.8 Å². The summed E-state index contributed by atoms with van der Waals surface area (Å²) in [5.74, 6) is -0.0793. The molecule has 3 rings (SSSR count). The minimum Gasteiger partial charge on any atom is -0.335 e. The monoisotopic (exact) mass is 422 g/mol. The van der Waals surface area contributed by atoms with Crippen molar-refractivity contribution in [3.63, 3.8) is 0 Å². The van der Waals surface area contributed by atoms with Gasteiger partial charge in [-0.2, -0.15) is 17.0 Å². The highest BCUT2D eigenvalue weighted by molar-refractivity contribution is 7.86. The number of carbonyl (C=O) groups is 1. The van der Waals surface area contributed by atoms with Crippen LogP contribution in [-0.2, 0) is 10.2 Å². The number of hydrogen-bond donors (Lipinski definition) is 0. The molecule has 2 aromatic rings. The zero-order valence-corrected chi connectivity index (χ0v) is 18.1. The van der Waals surface area contributed by atoms with Crippen LogP contribution in [0.3, 0.4) is 0 Å². The fourth-order valence-electron chi connectivity index (χ4n) is 3.34. The number of thiazole rings is 1. The number of hydrogen-bond acceptors (Lipinski definition) is 5. The van der Waals surface area contributed by atoms with Crippen LogP contribution in [0, 0.1) is 6.92 Å². The van der Waals surface area contributed by atoms with E-state index in [2.05, 4.69) is 4.98 Å². The predicted molar refractivity (Wildman–Crippen MR) is 112 cm³/mol. The van der Waals surface area contributed by atoms with Crippen LogP contribution in [0.4, 0.5) is 0 Å². The Morgan fingerprint density at radius 2 is 1.71 bits per heavy atom. The lowest BCUT2D eigenvalue weighted by atomic mass is 10.1. The van der Waals surface area contributed by atoms with Gasteiger partial charge in [0.2, 0.25) is 0 Å². The first kappa shape index (κ1) is 20.9. The summed E-state index contributed by atoms with van der Waals surface area (Å²) in [7, 11) is -3.47. The van der Waals surface area contributed by atoms with E-state index in [0.717, 1.165) is 10.6 Å². The summed E-state index contributed by atoms with van der Waals surface area (Å²) in [6.07, 6.45) is 0. The first-order valence-corrected chi connectivity index (χ1v) is 11.7. The first-order chi connectivity index (χ1) is 13.4. The van der Waals surface area contributed by atoms with Gasteiger partial charge in [-0.15, -0.1) is 11.3 Å². The zero-order chi connectivity index (χ0) is 20.3. The Kier molecular flexibility index (Phi) is 6.49. The van der Waals surface area contributed by atoms with E-state index in [0.29, 0.717) is 49.8 Å². The Morgan fingerprint density at radius 1 is 1.11 bits per heavy atom. The molecular weight excluding hydrogens is 396 g/mol. The molecule has 2 heterocycles. The van der Waals surface area contributed by atoms with Crippen LogP contribution in [-0.4, -0.2) is 72.1 Å². The van der Waals surface area contributed by atoms with Crippen molar-refractivity contribution in [3.8, 4) is 11.3 Å². The van der Waals surface area contributed by atoms with Gasteiger partial charge in [-0.05, 0) is 6.92 Å². The summed E-state index contributed by atoms with van der Waals surface area (Å²) < 4.78 is 28.3. The highest BCUT2D eigenvalue weighted by Gasteiger charge is 2.33. The Balaban J connectivity index is 1.75. The third-order valence-corrected chi connectivity index (χ3v) is 8.00. The normalized spacial score (nSPS) is 15.9. The van der Waals surface area contributed by atoms with Crippen LogP contribution in [0.5, 0.6) is 0 Å². The maximum atomic E-state index is 13.1. The predicted octanol–water partition coefficient (Wildman–Crippen LogP) is 2.46. The molecule has 1 saturated heterocycles. The fraction of sp³-hybridized carbons (Fsp3) is 0.474. The van der Waals surface area contributed by atoms with Crippen LogP contribution in [0.2, 0.25) is 0 Å². The summed E-state index contributed by atoms with van der Waals surface area (Å²) in [4.78, 5) is 20.0. The molecule has 0 unspecified atom stereocenters. The average molecular weight is 423 g/mol. The molecule has 1 aliphatic heterocycles. The number of amides is 1. The lowest BCUT2D eigenvalue weighted by Gasteiger charge is -2.36. The molecule has 1 aromatic heterocycles. The number of piperazine rings is 1. The second-order valence-electron chi connectivity index (χ2n) is 6.56. The lowest BCUT2D eigenvalue weighted by Crippen LogP contribution is -2.54. The number of rotatable bonds is 6. The average Bonchev–Trinajstić information content (AvgIpc) is 3.10. The van der Waals surface area contributed by atoms with Gasteiger partial charge in [0.15, 0.2) is 0 Å². The Hall–Kier alpha value is -1.81.